The molecule has 0 heterocycles. The van der Waals surface area contributed by atoms with Crippen LogP contribution in [0, 0.1) is 0 Å². The lowest BCUT2D eigenvalue weighted by Gasteiger charge is -2.28. The summed E-state index contributed by atoms with van der Waals surface area (Å²) >= 11 is 0. The zero-order chi connectivity index (χ0) is 20.4. The van der Waals surface area contributed by atoms with Crippen molar-refractivity contribution in [2.24, 2.45) is 5.84 Å². The fourth-order valence-electron chi connectivity index (χ4n) is 2.31. The first kappa shape index (κ1) is 22.2. The number of rotatable bonds is 8. The molecule has 0 bridgehead atoms. The lowest BCUT2D eigenvalue weighted by atomic mass is 10.1. The molecule has 0 spiro atoms. The number of nitrogens with two attached hydrogens (primary N) is 1. The number of carbonyl (C=O) groups is 3. The quantitative estimate of drug-likeness (QED) is 0.233. The van der Waals surface area contributed by atoms with Crippen LogP contribution < -0.4 is 15.2 Å². The first-order chi connectivity index (χ1) is 12.8. The third-order valence-corrected chi connectivity index (χ3v) is 3.88. The number of methoxy groups -OCH3 is 3. The van der Waals surface area contributed by atoms with E-state index in [0.29, 0.717) is 23.4 Å². The van der Waals surface area contributed by atoms with E-state index in [0.717, 1.165) is 0 Å². The van der Waals surface area contributed by atoms with Gasteiger partial charge >= 0.3 is 18.2 Å². The third kappa shape index (κ3) is 6.12. The number of carbonyl (C=O) groups excluding carboxylic acids is 3. The molecule has 1 aromatic carbocycles. The summed E-state index contributed by atoms with van der Waals surface area (Å²) in [7, 11) is 3.90. The smallest absolute Gasteiger partial charge is 0.496 e. The average molecular weight is 385 g/mol. The highest BCUT2D eigenvalue weighted by Gasteiger charge is 2.34. The number of hydrogen-bond acceptors (Lipinski definition) is 9. The molecule has 0 aliphatic carbocycles. The van der Waals surface area contributed by atoms with Gasteiger partial charge in [0.2, 0.25) is 0 Å². The largest absolute Gasteiger partial charge is 0.508 e. The van der Waals surface area contributed by atoms with E-state index >= 15 is 0 Å². The minimum absolute atomic E-state index is 0.00879. The summed E-state index contributed by atoms with van der Waals surface area (Å²) in [6.07, 6.45) is -1.33. The summed E-state index contributed by atoms with van der Waals surface area (Å²) in [5.41, 5.74) is 1.15. The van der Waals surface area contributed by atoms with Gasteiger partial charge in [0.05, 0.1) is 34.9 Å². The van der Waals surface area contributed by atoms with Crippen LogP contribution in [0.25, 0.3) is 0 Å². The maximum atomic E-state index is 12.2. The van der Waals surface area contributed by atoms with Gasteiger partial charge in [0, 0.05) is 24.1 Å². The van der Waals surface area contributed by atoms with Crippen LogP contribution in [0.15, 0.2) is 18.2 Å². The predicted octanol–water partition coefficient (Wildman–Crippen LogP) is 1.53. The molecule has 1 rings (SSSR count). The maximum absolute atomic E-state index is 12.2. The van der Waals surface area contributed by atoms with Crippen LogP contribution in [-0.4, -0.2) is 59.3 Å². The standard InChI is InChI=1S/C17H25N2O8/c1-12(20)19(18,8-10-27-17(22)25-4)14-5-6-15(23-2)13(11-14)7-9-26-16(21)24-3/h5-6,11H,7-10,18H2,1-4H3/q+1. The van der Waals surface area contributed by atoms with Crippen molar-refractivity contribution in [2.75, 3.05) is 41.1 Å². The van der Waals surface area contributed by atoms with Gasteiger partial charge in [-0.3, -0.25) is 0 Å². The summed E-state index contributed by atoms with van der Waals surface area (Å²) < 4.78 is 23.2. The Hall–Kier alpha value is -2.85. The van der Waals surface area contributed by atoms with Crippen molar-refractivity contribution in [1.82, 2.24) is 4.59 Å². The highest BCUT2D eigenvalue weighted by atomic mass is 16.7. The fraction of sp³-hybridized carbons (Fsp3) is 0.471. The van der Waals surface area contributed by atoms with E-state index in [2.05, 4.69) is 9.47 Å². The van der Waals surface area contributed by atoms with Gasteiger partial charge in [0.25, 0.3) is 0 Å². The van der Waals surface area contributed by atoms with Crippen LogP contribution in [0.5, 0.6) is 5.75 Å². The van der Waals surface area contributed by atoms with Crippen molar-refractivity contribution >= 4 is 23.9 Å². The highest BCUT2D eigenvalue weighted by Crippen LogP contribution is 2.28. The Morgan fingerprint density at radius 2 is 1.59 bits per heavy atom. The monoisotopic (exact) mass is 385 g/mol. The van der Waals surface area contributed by atoms with Crippen LogP contribution in [0.2, 0.25) is 0 Å². The Morgan fingerprint density at radius 1 is 1.00 bits per heavy atom. The topological polar surface area (TPSA) is 123 Å². The molecule has 10 heteroatoms. The molecule has 0 saturated carbocycles. The molecule has 150 valence electrons. The minimum atomic E-state index is -0.861. The van der Waals surface area contributed by atoms with Crippen LogP contribution in [-0.2, 0) is 30.2 Å². The summed E-state index contributed by atoms with van der Waals surface area (Å²) in [6, 6.07) is 4.98. The molecule has 27 heavy (non-hydrogen) atoms. The molecule has 2 N–H and O–H groups in total. The molecule has 0 fully saturated rings. The predicted molar refractivity (Wildman–Crippen MR) is 94.9 cm³/mol. The van der Waals surface area contributed by atoms with Gasteiger partial charge in [0.15, 0.2) is 5.69 Å². The number of ether oxygens (including phenoxy) is 5. The molecule has 0 saturated heterocycles. The molecule has 1 amide bonds. The Morgan fingerprint density at radius 3 is 2.11 bits per heavy atom. The average Bonchev–Trinajstić information content (AvgIpc) is 2.67. The number of quaternary nitrogens is 1. The Balaban J connectivity index is 3.01. The van der Waals surface area contributed by atoms with E-state index in [1.54, 1.807) is 18.2 Å². The van der Waals surface area contributed by atoms with E-state index in [1.165, 1.54) is 28.3 Å². The second-order valence-electron chi connectivity index (χ2n) is 5.46. The zero-order valence-corrected chi connectivity index (χ0v) is 15.9. The van der Waals surface area contributed by atoms with Gasteiger partial charge in [-0.2, -0.15) is 10.4 Å². The van der Waals surface area contributed by atoms with Crippen molar-refractivity contribution in [1.29, 1.82) is 0 Å². The summed E-state index contributed by atoms with van der Waals surface area (Å²) in [6.45, 7) is 1.29. The van der Waals surface area contributed by atoms with Crippen molar-refractivity contribution < 1.29 is 38.1 Å². The van der Waals surface area contributed by atoms with Gasteiger partial charge in [-0.1, -0.05) is 0 Å². The first-order valence-electron chi connectivity index (χ1n) is 8.05. The second-order valence-corrected chi connectivity index (χ2v) is 5.46. The summed E-state index contributed by atoms with van der Waals surface area (Å²) in [4.78, 5) is 34.3. The second kappa shape index (κ2) is 10.3. The Kier molecular flexibility index (Phi) is 8.49. The fourth-order valence-corrected chi connectivity index (χ4v) is 2.31. The van der Waals surface area contributed by atoms with Gasteiger partial charge in [-0.05, 0) is 6.07 Å². The molecule has 0 aromatic heterocycles. The highest BCUT2D eigenvalue weighted by molar-refractivity contribution is 5.85. The lowest BCUT2D eigenvalue weighted by molar-refractivity contribution is -0.129. The number of benzene rings is 1. The van der Waals surface area contributed by atoms with Gasteiger partial charge in [-0.25, -0.2) is 14.4 Å². The molecule has 0 aliphatic rings. The maximum Gasteiger partial charge on any atom is 0.508 e. The molecular weight excluding hydrogens is 360 g/mol. The van der Waals surface area contributed by atoms with Crippen LogP contribution in [0.4, 0.5) is 15.3 Å². The van der Waals surface area contributed by atoms with Crippen molar-refractivity contribution in [3.05, 3.63) is 23.8 Å². The lowest BCUT2D eigenvalue weighted by Crippen LogP contribution is -2.61. The van der Waals surface area contributed by atoms with Gasteiger partial charge in [-0.15, -0.1) is 0 Å². The first-order valence-corrected chi connectivity index (χ1v) is 8.05. The van der Waals surface area contributed by atoms with E-state index in [1.807, 2.05) is 0 Å². The Labute approximate surface area is 157 Å². The van der Waals surface area contributed by atoms with E-state index < -0.39 is 16.9 Å². The molecule has 10 nitrogen and oxygen atoms in total. The van der Waals surface area contributed by atoms with E-state index in [-0.39, 0.29) is 25.7 Å². The van der Waals surface area contributed by atoms with Crippen LogP contribution in [0.1, 0.15) is 12.5 Å². The molecule has 0 aliphatic heterocycles. The normalized spacial score (nSPS) is 12.5. The number of amides is 1. The number of hydrogen-bond donors (Lipinski definition) is 1. The summed E-state index contributed by atoms with van der Waals surface area (Å²) in [5.74, 6) is 6.45. The molecule has 1 atom stereocenters. The van der Waals surface area contributed by atoms with Crippen molar-refractivity contribution in [3.8, 4) is 5.75 Å². The third-order valence-electron chi connectivity index (χ3n) is 3.88. The van der Waals surface area contributed by atoms with Crippen molar-refractivity contribution in [3.63, 3.8) is 0 Å². The van der Waals surface area contributed by atoms with Crippen molar-refractivity contribution in [2.45, 2.75) is 13.3 Å². The molecular formula is C17H25N2O8+. The van der Waals surface area contributed by atoms with Crippen LogP contribution >= 0.6 is 0 Å². The van der Waals surface area contributed by atoms with Crippen LogP contribution in [0.3, 0.4) is 0 Å². The van der Waals surface area contributed by atoms with E-state index in [4.69, 9.17) is 20.1 Å². The summed E-state index contributed by atoms with van der Waals surface area (Å²) in [5, 5.41) is 0. The molecule has 0 radical (unpaired) electrons. The van der Waals surface area contributed by atoms with Gasteiger partial charge in [0.1, 0.15) is 18.9 Å². The zero-order valence-electron chi connectivity index (χ0n) is 15.9. The minimum Gasteiger partial charge on any atom is -0.496 e. The number of nitrogens with zero attached hydrogens (tertiary/aromatic N) is 1. The van der Waals surface area contributed by atoms with Gasteiger partial charge < -0.3 is 23.7 Å². The molecule has 1 unspecified atom stereocenters. The Bertz CT molecular complexity index is 679. The SMILES string of the molecule is COC(=O)OCCc1cc([N+](N)(CCOC(=O)OC)C(C)=O)ccc1OC. The molecule has 1 aromatic rings. The van der Waals surface area contributed by atoms with E-state index in [9.17, 15) is 14.4 Å².